The minimum atomic E-state index is 0.504. The molecule has 0 aliphatic carbocycles. The lowest BCUT2D eigenvalue weighted by Gasteiger charge is -2.07. The molecule has 1 aromatic rings. The normalized spacial score (nSPS) is 9.79. The van der Waals surface area contributed by atoms with Crippen molar-refractivity contribution >= 4 is 0 Å². The minimum Gasteiger partial charge on any atom is -0.386 e. The summed E-state index contributed by atoms with van der Waals surface area (Å²) in [5.41, 5.74) is 7.90. The van der Waals surface area contributed by atoms with Crippen molar-refractivity contribution in [2.75, 3.05) is 7.05 Å². The van der Waals surface area contributed by atoms with Crippen LogP contribution in [-0.4, -0.2) is 7.05 Å². The van der Waals surface area contributed by atoms with Crippen LogP contribution in [0.3, 0.4) is 0 Å². The molecule has 0 aliphatic heterocycles. The molecule has 1 aromatic carbocycles. The van der Waals surface area contributed by atoms with Crippen LogP contribution < -0.4 is 16.4 Å². The van der Waals surface area contributed by atoms with Crippen LogP contribution in [0.2, 0.25) is 0 Å². The molecule has 0 radical (unpaired) electrons. The van der Waals surface area contributed by atoms with Crippen molar-refractivity contribution in [3.8, 4) is 0 Å². The molecule has 0 heterocycles. The third-order valence-corrected chi connectivity index (χ3v) is 1.89. The first-order chi connectivity index (χ1) is 6.72. The number of nitrogens with one attached hydrogen (secondary N) is 2. The zero-order chi connectivity index (χ0) is 10.4. The van der Waals surface area contributed by atoms with Crippen molar-refractivity contribution in [2.45, 2.75) is 13.1 Å². The highest BCUT2D eigenvalue weighted by atomic mass is 15.0. The zero-order valence-electron chi connectivity index (χ0n) is 8.51. The Bertz CT molecular complexity index is 307. The molecule has 3 nitrogen and oxygen atoms in total. The third kappa shape index (κ3) is 3.49. The molecular weight excluding hydrogens is 174 g/mol. The van der Waals surface area contributed by atoms with Gasteiger partial charge in [0, 0.05) is 13.1 Å². The Morgan fingerprint density at radius 3 is 2.57 bits per heavy atom. The van der Waals surface area contributed by atoms with Crippen LogP contribution in [0.5, 0.6) is 0 Å². The SMILES string of the molecule is C=C(N)NCc1cccc(CNC)c1. The van der Waals surface area contributed by atoms with E-state index in [2.05, 4.69) is 35.4 Å². The van der Waals surface area contributed by atoms with E-state index in [1.165, 1.54) is 11.1 Å². The lowest BCUT2D eigenvalue weighted by Crippen LogP contribution is -2.18. The van der Waals surface area contributed by atoms with Crippen LogP contribution >= 0.6 is 0 Å². The molecular formula is C11H17N3. The Balaban J connectivity index is 2.58. The van der Waals surface area contributed by atoms with E-state index in [9.17, 15) is 0 Å². The lowest BCUT2D eigenvalue weighted by molar-refractivity contribution is 0.790. The molecule has 0 fully saturated rings. The number of rotatable bonds is 5. The van der Waals surface area contributed by atoms with Crippen molar-refractivity contribution in [2.24, 2.45) is 5.73 Å². The molecule has 0 amide bonds. The number of nitrogens with two attached hydrogens (primary N) is 1. The molecule has 76 valence electrons. The second-order valence-electron chi connectivity index (χ2n) is 3.23. The Labute approximate surface area is 85.0 Å². The van der Waals surface area contributed by atoms with E-state index in [4.69, 9.17) is 5.73 Å². The second-order valence-corrected chi connectivity index (χ2v) is 3.23. The van der Waals surface area contributed by atoms with Crippen molar-refractivity contribution in [1.29, 1.82) is 0 Å². The summed E-state index contributed by atoms with van der Waals surface area (Å²) < 4.78 is 0. The predicted molar refractivity (Wildman–Crippen MR) is 59.4 cm³/mol. The predicted octanol–water partition coefficient (Wildman–Crippen LogP) is 0.925. The van der Waals surface area contributed by atoms with E-state index in [0.29, 0.717) is 5.82 Å². The Kier molecular flexibility index (Phi) is 4.01. The van der Waals surface area contributed by atoms with Gasteiger partial charge in [-0.1, -0.05) is 30.8 Å². The highest BCUT2D eigenvalue weighted by Gasteiger charge is 1.94. The van der Waals surface area contributed by atoms with Gasteiger partial charge in [-0.05, 0) is 18.2 Å². The van der Waals surface area contributed by atoms with E-state index >= 15 is 0 Å². The first-order valence-electron chi connectivity index (χ1n) is 4.63. The molecule has 0 aromatic heterocycles. The average molecular weight is 191 g/mol. The zero-order valence-corrected chi connectivity index (χ0v) is 8.51. The van der Waals surface area contributed by atoms with Crippen molar-refractivity contribution in [3.05, 3.63) is 47.8 Å². The largest absolute Gasteiger partial charge is 0.386 e. The molecule has 3 heteroatoms. The van der Waals surface area contributed by atoms with E-state index in [1.54, 1.807) is 0 Å². The molecule has 0 unspecified atom stereocenters. The summed E-state index contributed by atoms with van der Waals surface area (Å²) >= 11 is 0. The van der Waals surface area contributed by atoms with Gasteiger partial charge in [-0.2, -0.15) is 0 Å². The van der Waals surface area contributed by atoms with E-state index in [1.807, 2.05) is 13.1 Å². The molecule has 0 aliphatic rings. The molecule has 0 atom stereocenters. The van der Waals surface area contributed by atoms with Gasteiger partial charge >= 0.3 is 0 Å². The van der Waals surface area contributed by atoms with Crippen molar-refractivity contribution in [3.63, 3.8) is 0 Å². The fourth-order valence-corrected chi connectivity index (χ4v) is 1.27. The van der Waals surface area contributed by atoms with Gasteiger partial charge < -0.3 is 16.4 Å². The van der Waals surface area contributed by atoms with Gasteiger partial charge in [0.15, 0.2) is 0 Å². The average Bonchev–Trinajstić information content (AvgIpc) is 2.16. The smallest absolute Gasteiger partial charge is 0.0888 e. The minimum absolute atomic E-state index is 0.504. The third-order valence-electron chi connectivity index (χ3n) is 1.89. The van der Waals surface area contributed by atoms with Gasteiger partial charge in [0.25, 0.3) is 0 Å². The maximum Gasteiger partial charge on any atom is 0.0888 e. The van der Waals surface area contributed by atoms with Gasteiger partial charge in [0.2, 0.25) is 0 Å². The maximum absolute atomic E-state index is 5.42. The first kappa shape index (κ1) is 10.6. The summed E-state index contributed by atoms with van der Waals surface area (Å²) in [5, 5.41) is 6.11. The number of benzene rings is 1. The second kappa shape index (κ2) is 5.29. The van der Waals surface area contributed by atoms with Gasteiger partial charge in [-0.15, -0.1) is 0 Å². The highest BCUT2D eigenvalue weighted by molar-refractivity contribution is 5.23. The standard InChI is InChI=1S/C11H17N3/c1-9(12)14-8-11-5-3-4-10(6-11)7-13-2/h3-6,13-14H,1,7-8,12H2,2H3. The summed E-state index contributed by atoms with van der Waals surface area (Å²) in [6, 6.07) is 8.35. The summed E-state index contributed by atoms with van der Waals surface area (Å²) in [6.07, 6.45) is 0. The molecule has 4 N–H and O–H groups in total. The Morgan fingerprint density at radius 2 is 2.00 bits per heavy atom. The maximum atomic E-state index is 5.42. The van der Waals surface area contributed by atoms with Crippen molar-refractivity contribution in [1.82, 2.24) is 10.6 Å². The highest BCUT2D eigenvalue weighted by Crippen LogP contribution is 2.04. The van der Waals surface area contributed by atoms with Gasteiger partial charge in [0.1, 0.15) is 0 Å². The summed E-state index contributed by atoms with van der Waals surface area (Å²) in [6.45, 7) is 5.20. The topological polar surface area (TPSA) is 50.1 Å². The van der Waals surface area contributed by atoms with E-state index in [-0.39, 0.29) is 0 Å². The summed E-state index contributed by atoms with van der Waals surface area (Å²) in [5.74, 6) is 0.504. The first-order valence-corrected chi connectivity index (χ1v) is 4.63. The molecule has 0 spiro atoms. The molecule has 1 rings (SSSR count). The summed E-state index contributed by atoms with van der Waals surface area (Å²) in [4.78, 5) is 0. The molecule has 0 saturated carbocycles. The monoisotopic (exact) mass is 191 g/mol. The Morgan fingerprint density at radius 1 is 1.36 bits per heavy atom. The van der Waals surface area contributed by atoms with E-state index < -0.39 is 0 Å². The quantitative estimate of drug-likeness (QED) is 0.649. The molecule has 0 saturated heterocycles. The van der Waals surface area contributed by atoms with Crippen LogP contribution in [0, 0.1) is 0 Å². The van der Waals surface area contributed by atoms with Gasteiger partial charge in [-0.25, -0.2) is 0 Å². The lowest BCUT2D eigenvalue weighted by atomic mass is 10.1. The number of hydrogen-bond donors (Lipinski definition) is 3. The van der Waals surface area contributed by atoms with Crippen LogP contribution in [0.15, 0.2) is 36.7 Å². The van der Waals surface area contributed by atoms with Crippen LogP contribution in [0.25, 0.3) is 0 Å². The Hall–Kier alpha value is -1.48. The van der Waals surface area contributed by atoms with Crippen LogP contribution in [0.4, 0.5) is 0 Å². The summed E-state index contributed by atoms with van der Waals surface area (Å²) in [7, 11) is 1.94. The van der Waals surface area contributed by atoms with Crippen molar-refractivity contribution < 1.29 is 0 Å². The number of hydrogen-bond acceptors (Lipinski definition) is 3. The fraction of sp³-hybridized carbons (Fsp3) is 0.273. The molecule has 0 bridgehead atoms. The van der Waals surface area contributed by atoms with Crippen LogP contribution in [-0.2, 0) is 13.1 Å². The molecule has 14 heavy (non-hydrogen) atoms. The van der Waals surface area contributed by atoms with Gasteiger partial charge in [-0.3, -0.25) is 0 Å². The van der Waals surface area contributed by atoms with E-state index in [0.717, 1.165) is 13.1 Å². The fourth-order valence-electron chi connectivity index (χ4n) is 1.27. The van der Waals surface area contributed by atoms with Crippen LogP contribution in [0.1, 0.15) is 11.1 Å². The van der Waals surface area contributed by atoms with Gasteiger partial charge in [0.05, 0.1) is 5.82 Å².